The molecule has 0 bridgehead atoms. The molecule has 1 amide bonds. The Morgan fingerprint density at radius 2 is 2.24 bits per heavy atom. The molecule has 0 heterocycles. The number of hydrogen-bond acceptors (Lipinski definition) is 2. The van der Waals surface area contributed by atoms with Gasteiger partial charge in [0, 0.05) is 17.1 Å². The molecule has 1 saturated carbocycles. The zero-order chi connectivity index (χ0) is 12.3. The fraction of sp³-hybridized carbons (Fsp3) is 0.417. The standard InChI is InChI=1S/C12H14BrClN2O/c13-10-5-8(1-4-11(10)14)6-15-7-12(17)16-9-2-3-9/h1,4-5,9,15H,2-3,6-7H2,(H,16,17). The van der Waals surface area contributed by atoms with Crippen molar-refractivity contribution in [2.75, 3.05) is 6.54 Å². The SMILES string of the molecule is O=C(CNCc1ccc(Cl)c(Br)c1)NC1CC1. The number of rotatable bonds is 5. The van der Waals surface area contributed by atoms with E-state index in [0.717, 1.165) is 22.9 Å². The quantitative estimate of drug-likeness (QED) is 0.876. The van der Waals surface area contributed by atoms with Gasteiger partial charge in [-0.1, -0.05) is 17.7 Å². The van der Waals surface area contributed by atoms with Gasteiger partial charge in [-0.25, -0.2) is 0 Å². The predicted molar refractivity (Wildman–Crippen MR) is 72.0 cm³/mol. The highest BCUT2D eigenvalue weighted by Crippen LogP contribution is 2.23. The van der Waals surface area contributed by atoms with E-state index in [2.05, 4.69) is 26.6 Å². The van der Waals surface area contributed by atoms with E-state index in [1.807, 2.05) is 18.2 Å². The van der Waals surface area contributed by atoms with Gasteiger partial charge in [0.1, 0.15) is 0 Å². The van der Waals surface area contributed by atoms with Crippen molar-refractivity contribution in [2.45, 2.75) is 25.4 Å². The van der Waals surface area contributed by atoms with Crippen molar-refractivity contribution >= 4 is 33.4 Å². The van der Waals surface area contributed by atoms with Crippen molar-refractivity contribution in [1.29, 1.82) is 0 Å². The van der Waals surface area contributed by atoms with E-state index in [9.17, 15) is 4.79 Å². The van der Waals surface area contributed by atoms with Crippen LogP contribution >= 0.6 is 27.5 Å². The van der Waals surface area contributed by atoms with Gasteiger partial charge in [0.05, 0.1) is 11.6 Å². The molecule has 0 radical (unpaired) electrons. The second kappa shape index (κ2) is 5.85. The Balaban J connectivity index is 1.73. The molecule has 0 aliphatic heterocycles. The largest absolute Gasteiger partial charge is 0.352 e. The second-order valence-electron chi connectivity index (χ2n) is 4.19. The maximum absolute atomic E-state index is 11.4. The van der Waals surface area contributed by atoms with Crippen LogP contribution in [0.15, 0.2) is 22.7 Å². The highest BCUT2D eigenvalue weighted by Gasteiger charge is 2.22. The van der Waals surface area contributed by atoms with E-state index in [-0.39, 0.29) is 5.91 Å². The summed E-state index contributed by atoms with van der Waals surface area (Å²) >= 11 is 9.27. The molecule has 0 spiro atoms. The van der Waals surface area contributed by atoms with Crippen LogP contribution in [0.1, 0.15) is 18.4 Å². The van der Waals surface area contributed by atoms with Gasteiger partial charge in [-0.2, -0.15) is 0 Å². The molecule has 1 aliphatic carbocycles. The number of carbonyl (C=O) groups excluding carboxylic acids is 1. The number of nitrogens with one attached hydrogen (secondary N) is 2. The molecule has 5 heteroatoms. The van der Waals surface area contributed by atoms with Gasteiger partial charge in [0.25, 0.3) is 0 Å². The van der Waals surface area contributed by atoms with Crippen LogP contribution in [-0.4, -0.2) is 18.5 Å². The summed E-state index contributed by atoms with van der Waals surface area (Å²) in [7, 11) is 0. The van der Waals surface area contributed by atoms with Gasteiger partial charge in [-0.15, -0.1) is 0 Å². The van der Waals surface area contributed by atoms with Crippen LogP contribution in [0, 0.1) is 0 Å². The van der Waals surface area contributed by atoms with E-state index in [1.54, 1.807) is 0 Å². The van der Waals surface area contributed by atoms with Gasteiger partial charge < -0.3 is 10.6 Å². The number of carbonyl (C=O) groups is 1. The fourth-order valence-electron chi connectivity index (χ4n) is 1.48. The molecule has 1 aromatic carbocycles. The first-order valence-electron chi connectivity index (χ1n) is 5.59. The summed E-state index contributed by atoms with van der Waals surface area (Å²) < 4.78 is 0.876. The summed E-state index contributed by atoms with van der Waals surface area (Å²) in [6.07, 6.45) is 2.24. The summed E-state index contributed by atoms with van der Waals surface area (Å²) in [5.41, 5.74) is 1.10. The van der Waals surface area contributed by atoms with Crippen LogP contribution in [0.3, 0.4) is 0 Å². The van der Waals surface area contributed by atoms with Crippen molar-refractivity contribution in [3.05, 3.63) is 33.3 Å². The molecule has 0 unspecified atom stereocenters. The van der Waals surface area contributed by atoms with E-state index in [1.165, 1.54) is 0 Å². The van der Waals surface area contributed by atoms with Crippen molar-refractivity contribution in [1.82, 2.24) is 10.6 Å². The van der Waals surface area contributed by atoms with Crippen LogP contribution in [-0.2, 0) is 11.3 Å². The van der Waals surface area contributed by atoms with Gasteiger partial charge >= 0.3 is 0 Å². The Labute approximate surface area is 114 Å². The third kappa shape index (κ3) is 4.30. The third-order valence-corrected chi connectivity index (χ3v) is 3.76. The molecule has 92 valence electrons. The molecule has 3 nitrogen and oxygen atoms in total. The van der Waals surface area contributed by atoms with E-state index >= 15 is 0 Å². The van der Waals surface area contributed by atoms with E-state index < -0.39 is 0 Å². The summed E-state index contributed by atoms with van der Waals surface area (Å²) in [5, 5.41) is 6.73. The first-order valence-corrected chi connectivity index (χ1v) is 6.76. The maximum atomic E-state index is 11.4. The molecular weight excluding hydrogens is 304 g/mol. The first kappa shape index (κ1) is 12.9. The number of amides is 1. The summed E-state index contributed by atoms with van der Waals surface area (Å²) in [6.45, 7) is 1.02. The minimum atomic E-state index is 0.0699. The minimum absolute atomic E-state index is 0.0699. The molecule has 1 aromatic rings. The predicted octanol–water partition coefficient (Wildman–Crippen LogP) is 2.47. The molecule has 0 saturated heterocycles. The fourth-order valence-corrected chi connectivity index (χ4v) is 2.02. The average Bonchev–Trinajstić information content (AvgIpc) is 3.07. The average molecular weight is 318 g/mol. The lowest BCUT2D eigenvalue weighted by Gasteiger charge is -2.06. The molecule has 2 rings (SSSR count). The minimum Gasteiger partial charge on any atom is -0.352 e. The number of halogens is 2. The Morgan fingerprint density at radius 3 is 2.88 bits per heavy atom. The Hall–Kier alpha value is -0.580. The van der Waals surface area contributed by atoms with Crippen LogP contribution in [0.5, 0.6) is 0 Å². The van der Waals surface area contributed by atoms with Gasteiger partial charge in [0.2, 0.25) is 5.91 Å². The normalized spacial score (nSPS) is 14.7. The summed E-state index contributed by atoms with van der Waals surface area (Å²) in [4.78, 5) is 11.4. The van der Waals surface area contributed by atoms with Crippen molar-refractivity contribution in [3.8, 4) is 0 Å². The van der Waals surface area contributed by atoms with Gasteiger partial charge in [-0.3, -0.25) is 4.79 Å². The first-order chi connectivity index (χ1) is 8.15. The van der Waals surface area contributed by atoms with Gasteiger partial charge in [0.15, 0.2) is 0 Å². The van der Waals surface area contributed by atoms with Crippen molar-refractivity contribution in [3.63, 3.8) is 0 Å². The van der Waals surface area contributed by atoms with Crippen molar-refractivity contribution in [2.24, 2.45) is 0 Å². The smallest absolute Gasteiger partial charge is 0.234 e. The summed E-state index contributed by atoms with van der Waals surface area (Å²) in [5.74, 6) is 0.0699. The monoisotopic (exact) mass is 316 g/mol. The van der Waals surface area contributed by atoms with Crippen molar-refractivity contribution < 1.29 is 4.79 Å². The van der Waals surface area contributed by atoms with Crippen LogP contribution in [0.25, 0.3) is 0 Å². The topological polar surface area (TPSA) is 41.1 Å². The lowest BCUT2D eigenvalue weighted by atomic mass is 10.2. The number of hydrogen-bond donors (Lipinski definition) is 2. The zero-order valence-corrected chi connectivity index (χ0v) is 11.6. The lowest BCUT2D eigenvalue weighted by molar-refractivity contribution is -0.120. The Bertz CT molecular complexity index is 421. The van der Waals surface area contributed by atoms with E-state index in [4.69, 9.17) is 11.6 Å². The molecular formula is C12H14BrClN2O. The molecule has 1 aliphatic rings. The van der Waals surface area contributed by atoms with Crippen LogP contribution < -0.4 is 10.6 Å². The third-order valence-electron chi connectivity index (χ3n) is 2.54. The van der Waals surface area contributed by atoms with Crippen LogP contribution in [0.4, 0.5) is 0 Å². The van der Waals surface area contributed by atoms with Gasteiger partial charge in [-0.05, 0) is 46.5 Å². The zero-order valence-electron chi connectivity index (χ0n) is 9.30. The van der Waals surface area contributed by atoms with Crippen LogP contribution in [0.2, 0.25) is 5.02 Å². The Kier molecular flexibility index (Phi) is 4.42. The highest BCUT2D eigenvalue weighted by atomic mass is 79.9. The molecule has 1 fully saturated rings. The highest BCUT2D eigenvalue weighted by molar-refractivity contribution is 9.10. The Morgan fingerprint density at radius 1 is 1.47 bits per heavy atom. The number of benzene rings is 1. The second-order valence-corrected chi connectivity index (χ2v) is 5.46. The lowest BCUT2D eigenvalue weighted by Crippen LogP contribution is -2.34. The summed E-state index contributed by atoms with van der Waals surface area (Å²) in [6, 6.07) is 6.16. The molecule has 0 aromatic heterocycles. The molecule has 2 N–H and O–H groups in total. The molecule has 17 heavy (non-hydrogen) atoms. The maximum Gasteiger partial charge on any atom is 0.234 e. The molecule has 0 atom stereocenters. The van der Waals surface area contributed by atoms with E-state index in [0.29, 0.717) is 24.2 Å².